The Morgan fingerprint density at radius 1 is 0.492 bits per heavy atom. The second-order valence-corrected chi connectivity index (χ2v) is 17.7. The number of aromatic amines is 2. The molecule has 14 nitrogen and oxygen atoms in total. The van der Waals surface area contributed by atoms with E-state index in [1.807, 2.05) is 143 Å². The van der Waals surface area contributed by atoms with E-state index in [1.54, 1.807) is 6.20 Å². The summed E-state index contributed by atoms with van der Waals surface area (Å²) in [6, 6.07) is 28.9. The predicted octanol–water partition coefficient (Wildman–Crippen LogP) is 4.68. The first-order valence-electron chi connectivity index (χ1n) is 22.4. The van der Waals surface area contributed by atoms with Crippen molar-refractivity contribution in [2.24, 2.45) is 23.3 Å². The van der Waals surface area contributed by atoms with E-state index in [0.717, 1.165) is 44.1 Å². The monoisotopic (exact) mass is 881 g/mol. The van der Waals surface area contributed by atoms with Crippen molar-refractivity contribution in [3.05, 3.63) is 144 Å². The number of carbonyl (C=O) groups is 5. The molecular formula is C51H63N9O5. The number of hydrogen-bond donors (Lipinski definition) is 9. The molecule has 0 radical (unpaired) electrons. The van der Waals surface area contributed by atoms with Crippen LogP contribution in [0.5, 0.6) is 0 Å². The van der Waals surface area contributed by atoms with Crippen LogP contribution in [0.25, 0.3) is 21.8 Å². The van der Waals surface area contributed by atoms with Crippen LogP contribution in [-0.4, -0.2) is 75.9 Å². The summed E-state index contributed by atoms with van der Waals surface area (Å²) >= 11 is 0. The molecule has 11 N–H and O–H groups in total. The van der Waals surface area contributed by atoms with E-state index in [9.17, 15) is 24.0 Å². The second-order valence-electron chi connectivity index (χ2n) is 17.7. The van der Waals surface area contributed by atoms with Crippen molar-refractivity contribution < 1.29 is 24.0 Å². The number of rotatable bonds is 23. The molecule has 0 saturated carbocycles. The lowest BCUT2D eigenvalue weighted by molar-refractivity contribution is -0.134. The third kappa shape index (κ3) is 13.6. The van der Waals surface area contributed by atoms with Crippen molar-refractivity contribution in [2.75, 3.05) is 0 Å². The van der Waals surface area contributed by atoms with Crippen LogP contribution >= 0.6 is 0 Å². The normalized spacial score (nSPS) is 14.3. The molecule has 5 amide bonds. The summed E-state index contributed by atoms with van der Waals surface area (Å²) in [5.41, 5.74) is 17.2. The summed E-state index contributed by atoms with van der Waals surface area (Å²) in [4.78, 5) is 76.8. The number of aromatic nitrogens is 2. The van der Waals surface area contributed by atoms with Gasteiger partial charge < -0.3 is 42.7 Å². The number of primary amides is 1. The Labute approximate surface area is 380 Å². The van der Waals surface area contributed by atoms with Gasteiger partial charge in [0, 0.05) is 53.5 Å². The standard InChI is InChI=1S/C51H63N9O5/c1-31(2)23-42(47(53)61)56-46(24-32(3)4)60-51(65)45(28-36-30-55-41-22-14-12-20-38(36)41)59-49(63)43(26-34-17-9-6-10-18-34)58-50(64)44(27-35-29-54-40-21-13-11-19-37(35)40)57-48(62)39(52)25-33-15-7-5-8-16-33/h5-22,29-32,39,42-46,54-56H,23-28,52H2,1-4H3,(H2,53,61)(H,57,62)(H,58,64)(H,59,63)(H,60,65)/t39-,42+,43+,44-,45-,46+/m1/s1. The van der Waals surface area contributed by atoms with E-state index in [1.165, 1.54) is 0 Å². The van der Waals surface area contributed by atoms with Crippen LogP contribution in [0.15, 0.2) is 122 Å². The number of benzene rings is 4. The Morgan fingerprint density at radius 2 is 0.908 bits per heavy atom. The van der Waals surface area contributed by atoms with Crippen LogP contribution in [0.2, 0.25) is 0 Å². The van der Waals surface area contributed by atoms with E-state index in [4.69, 9.17) is 11.5 Å². The summed E-state index contributed by atoms with van der Waals surface area (Å²) in [6.45, 7) is 8.00. The molecule has 0 spiro atoms. The van der Waals surface area contributed by atoms with Crippen molar-refractivity contribution >= 4 is 51.3 Å². The van der Waals surface area contributed by atoms with Gasteiger partial charge in [0.2, 0.25) is 29.5 Å². The highest BCUT2D eigenvalue weighted by molar-refractivity contribution is 5.96. The molecule has 2 aromatic heterocycles. The fourth-order valence-electron chi connectivity index (χ4n) is 8.20. The molecule has 14 heteroatoms. The Balaban J connectivity index is 1.30. The number of para-hydroxylation sites is 2. The molecule has 0 saturated heterocycles. The van der Waals surface area contributed by atoms with E-state index in [-0.39, 0.29) is 37.5 Å². The number of nitrogens with two attached hydrogens (primary N) is 2. The molecule has 0 fully saturated rings. The number of H-pyrrole nitrogens is 2. The number of carbonyl (C=O) groups excluding carboxylic acids is 5. The van der Waals surface area contributed by atoms with Crippen LogP contribution < -0.4 is 38.1 Å². The molecule has 6 aromatic rings. The van der Waals surface area contributed by atoms with E-state index < -0.39 is 65.9 Å². The Kier molecular flexibility index (Phi) is 16.7. The third-order valence-corrected chi connectivity index (χ3v) is 11.5. The zero-order valence-corrected chi connectivity index (χ0v) is 37.6. The molecule has 6 atom stereocenters. The van der Waals surface area contributed by atoms with E-state index >= 15 is 0 Å². The second kappa shape index (κ2) is 22.7. The first-order chi connectivity index (χ1) is 31.2. The Hall–Kier alpha value is -6.77. The van der Waals surface area contributed by atoms with Gasteiger partial charge >= 0.3 is 0 Å². The number of fused-ring (bicyclic) bond motifs is 2. The summed E-state index contributed by atoms with van der Waals surface area (Å²) in [5, 5.41) is 17.0. The van der Waals surface area contributed by atoms with Crippen molar-refractivity contribution in [3.63, 3.8) is 0 Å². The first kappa shape index (κ1) is 47.7. The van der Waals surface area contributed by atoms with Gasteiger partial charge in [0.05, 0.1) is 18.2 Å². The van der Waals surface area contributed by atoms with E-state index in [2.05, 4.69) is 36.6 Å². The largest absolute Gasteiger partial charge is 0.368 e. The van der Waals surface area contributed by atoms with Crippen LogP contribution in [0.4, 0.5) is 0 Å². The molecule has 0 aliphatic rings. The highest BCUT2D eigenvalue weighted by Gasteiger charge is 2.33. The Bertz CT molecular complexity index is 2520. The first-order valence-corrected chi connectivity index (χ1v) is 22.4. The minimum atomic E-state index is -1.18. The lowest BCUT2D eigenvalue weighted by Gasteiger charge is -2.30. The maximum absolute atomic E-state index is 14.8. The average Bonchev–Trinajstić information content (AvgIpc) is 3.89. The van der Waals surface area contributed by atoms with Gasteiger partial charge in [0.15, 0.2) is 0 Å². The zero-order valence-electron chi connectivity index (χ0n) is 37.6. The van der Waals surface area contributed by atoms with Gasteiger partial charge in [-0.15, -0.1) is 0 Å². The van der Waals surface area contributed by atoms with Crippen LogP contribution in [-0.2, 0) is 49.7 Å². The van der Waals surface area contributed by atoms with Crippen LogP contribution in [0.1, 0.15) is 62.8 Å². The molecule has 4 aromatic carbocycles. The molecule has 6 rings (SSSR count). The molecule has 65 heavy (non-hydrogen) atoms. The van der Waals surface area contributed by atoms with E-state index in [0.29, 0.717) is 12.8 Å². The fraction of sp³-hybridized carbons (Fsp3) is 0.353. The number of hydrogen-bond acceptors (Lipinski definition) is 7. The lowest BCUT2D eigenvalue weighted by atomic mass is 9.99. The maximum Gasteiger partial charge on any atom is 0.244 e. The quantitative estimate of drug-likeness (QED) is 0.0413. The highest BCUT2D eigenvalue weighted by atomic mass is 16.2. The van der Waals surface area contributed by atoms with Gasteiger partial charge in [0.1, 0.15) is 18.1 Å². The topological polar surface area (TPSA) is 229 Å². The van der Waals surface area contributed by atoms with Crippen molar-refractivity contribution in [3.8, 4) is 0 Å². The van der Waals surface area contributed by atoms with Crippen molar-refractivity contribution in [1.82, 2.24) is 36.6 Å². The van der Waals surface area contributed by atoms with Gasteiger partial charge in [-0.25, -0.2) is 0 Å². The molecule has 2 heterocycles. The highest BCUT2D eigenvalue weighted by Crippen LogP contribution is 2.22. The summed E-state index contributed by atoms with van der Waals surface area (Å²) < 4.78 is 0. The minimum Gasteiger partial charge on any atom is -0.368 e. The SMILES string of the molecule is CC(C)C[C@H](NC(=O)[C@@H](Cc1c[nH]c2ccccc12)NC(=O)[C@H](Cc1ccccc1)NC(=O)[C@@H](Cc1c[nH]c2ccccc12)NC(=O)[C@H](N)Cc1ccccc1)N[C@@H](CC(C)C)C(N)=O. The summed E-state index contributed by atoms with van der Waals surface area (Å²) in [6.07, 6.45) is 4.45. The average molecular weight is 882 g/mol. The molecule has 0 aliphatic carbocycles. The van der Waals surface area contributed by atoms with Gasteiger partial charge in [-0.2, -0.15) is 0 Å². The maximum atomic E-state index is 14.8. The van der Waals surface area contributed by atoms with Crippen molar-refractivity contribution in [1.29, 1.82) is 0 Å². The van der Waals surface area contributed by atoms with Crippen LogP contribution in [0.3, 0.4) is 0 Å². The third-order valence-electron chi connectivity index (χ3n) is 11.5. The Morgan fingerprint density at radius 3 is 1.38 bits per heavy atom. The smallest absolute Gasteiger partial charge is 0.244 e. The summed E-state index contributed by atoms with van der Waals surface area (Å²) in [5.74, 6) is -2.47. The molecule has 0 aliphatic heterocycles. The van der Waals surface area contributed by atoms with Gasteiger partial charge in [0.25, 0.3) is 0 Å². The van der Waals surface area contributed by atoms with Gasteiger partial charge in [-0.1, -0.05) is 125 Å². The predicted molar refractivity (Wildman–Crippen MR) is 255 cm³/mol. The summed E-state index contributed by atoms with van der Waals surface area (Å²) in [7, 11) is 0. The van der Waals surface area contributed by atoms with Gasteiger partial charge in [-0.05, 0) is 65.5 Å². The van der Waals surface area contributed by atoms with Crippen LogP contribution in [0, 0.1) is 11.8 Å². The number of amides is 5. The molecule has 342 valence electrons. The van der Waals surface area contributed by atoms with Crippen molar-refractivity contribution in [2.45, 2.75) is 103 Å². The number of nitrogens with one attached hydrogen (secondary N) is 7. The lowest BCUT2D eigenvalue weighted by Crippen LogP contribution is -2.61. The fourth-order valence-corrected chi connectivity index (χ4v) is 8.20. The molecular weight excluding hydrogens is 819 g/mol. The minimum absolute atomic E-state index is 0.0775. The zero-order chi connectivity index (χ0) is 46.5. The molecule has 0 unspecified atom stereocenters. The van der Waals surface area contributed by atoms with Gasteiger partial charge in [-0.3, -0.25) is 29.3 Å². The molecule has 0 bridgehead atoms.